The molecule has 0 N–H and O–H groups in total. The molecule has 3 heterocycles. The molecule has 8 rings (SSSR count). The van der Waals surface area contributed by atoms with Gasteiger partial charge in [-0.05, 0) is 59.9 Å². The van der Waals surface area contributed by atoms with Crippen LogP contribution in [0.25, 0.3) is 39.3 Å². The minimum atomic E-state index is 0. The summed E-state index contributed by atoms with van der Waals surface area (Å²) in [5, 5.41) is 0. The average molecular weight is 742 g/mol. The van der Waals surface area contributed by atoms with Gasteiger partial charge < -0.3 is 9.55 Å². The van der Waals surface area contributed by atoms with E-state index in [1.54, 1.807) is 5.57 Å². The van der Waals surface area contributed by atoms with Crippen LogP contribution in [-0.2, 0) is 30.9 Å². The minimum Gasteiger partial charge on any atom is -0.358 e. The van der Waals surface area contributed by atoms with Gasteiger partial charge in [-0.25, -0.2) is 0 Å². The molecule has 1 aliphatic heterocycles. The molecule has 3 aliphatic rings. The van der Waals surface area contributed by atoms with E-state index in [0.29, 0.717) is 6.04 Å². The van der Waals surface area contributed by atoms with E-state index in [4.69, 9.17) is 4.98 Å². The molecule has 4 heteroatoms. The number of hydrogen-bond donors (Lipinski definition) is 0. The second-order valence-corrected chi connectivity index (χ2v) is 13.2. The van der Waals surface area contributed by atoms with Crippen molar-refractivity contribution in [2.75, 3.05) is 0 Å². The fraction of sp³-hybridized carbons (Fsp3) is 0.333. The summed E-state index contributed by atoms with van der Waals surface area (Å²) in [6.45, 7) is 11.5. The molecule has 1 atom stereocenters. The van der Waals surface area contributed by atoms with E-state index in [1.165, 1.54) is 47.9 Å². The summed E-state index contributed by atoms with van der Waals surface area (Å²) < 4.78 is 2.40. The first-order chi connectivity index (χ1) is 20.3. The van der Waals surface area contributed by atoms with E-state index >= 15 is 0 Å². The van der Waals surface area contributed by atoms with Gasteiger partial charge in [0.05, 0.1) is 16.9 Å². The third kappa shape index (κ3) is 4.75. The zero-order valence-corrected chi connectivity index (χ0v) is 28.1. The van der Waals surface area contributed by atoms with Crippen LogP contribution >= 0.6 is 0 Å². The SMILES string of the molecule is CC1(C)c2ccc[c-]c2-c2ncccc2C1(C)C.CC1C=C(C2CCCC2)c2cccc3nc(-c4[c-]cccc4)n1c23.[Ir]. The molecule has 0 spiro atoms. The minimum absolute atomic E-state index is 0. The van der Waals surface area contributed by atoms with Crippen molar-refractivity contribution in [3.63, 3.8) is 0 Å². The van der Waals surface area contributed by atoms with Gasteiger partial charge in [-0.15, -0.1) is 71.3 Å². The number of fused-ring (bicyclic) bond motifs is 3. The van der Waals surface area contributed by atoms with Gasteiger partial charge in [0.15, 0.2) is 0 Å². The molecule has 0 bridgehead atoms. The maximum absolute atomic E-state index is 4.96. The Bertz CT molecular complexity index is 1750. The fourth-order valence-corrected chi connectivity index (χ4v) is 7.45. The van der Waals surface area contributed by atoms with Crippen molar-refractivity contribution < 1.29 is 20.1 Å². The molecule has 0 amide bonds. The van der Waals surface area contributed by atoms with Gasteiger partial charge in [-0.1, -0.05) is 70.4 Å². The van der Waals surface area contributed by atoms with E-state index in [-0.39, 0.29) is 30.9 Å². The quantitative estimate of drug-likeness (QED) is 0.169. The van der Waals surface area contributed by atoms with Crippen LogP contribution in [0.15, 0.2) is 85.1 Å². The fourth-order valence-electron chi connectivity index (χ4n) is 7.45. The third-order valence-corrected chi connectivity index (χ3v) is 10.4. The number of rotatable bonds is 2. The molecule has 221 valence electrons. The topological polar surface area (TPSA) is 30.7 Å². The van der Waals surface area contributed by atoms with Gasteiger partial charge in [0, 0.05) is 37.9 Å². The van der Waals surface area contributed by atoms with Crippen LogP contribution < -0.4 is 0 Å². The maximum Gasteiger partial charge on any atom is 0.0777 e. The Balaban J connectivity index is 0.000000156. The molecule has 43 heavy (non-hydrogen) atoms. The van der Waals surface area contributed by atoms with Gasteiger partial charge in [0.2, 0.25) is 0 Å². The summed E-state index contributed by atoms with van der Waals surface area (Å²) in [6, 6.07) is 32.3. The van der Waals surface area contributed by atoms with Crippen LogP contribution in [0.4, 0.5) is 0 Å². The summed E-state index contributed by atoms with van der Waals surface area (Å²) in [7, 11) is 0. The second-order valence-electron chi connectivity index (χ2n) is 13.2. The number of hydrogen-bond acceptors (Lipinski definition) is 2. The average Bonchev–Trinajstić information content (AvgIpc) is 3.69. The van der Waals surface area contributed by atoms with Crippen LogP contribution in [-0.4, -0.2) is 14.5 Å². The number of nitrogens with zero attached hydrogens (tertiary/aromatic N) is 3. The van der Waals surface area contributed by atoms with Crippen molar-refractivity contribution in [3.05, 3.63) is 114 Å². The first-order valence-corrected chi connectivity index (χ1v) is 15.5. The number of benzene rings is 3. The Labute approximate surface area is 269 Å². The van der Waals surface area contributed by atoms with Gasteiger partial charge in [0.1, 0.15) is 0 Å². The normalized spacial score (nSPS) is 19.4. The summed E-state index contributed by atoms with van der Waals surface area (Å²) in [4.78, 5) is 9.55. The van der Waals surface area contributed by atoms with Crippen molar-refractivity contribution in [3.8, 4) is 22.6 Å². The standard InChI is InChI=1S/C22H21N2.C17H18N.Ir/c1-15-14-19(16-8-5-6-9-16)18-12-7-13-20-21(18)24(15)22(23-20)17-10-3-2-4-11-17;1-16(2)13-9-6-5-8-12(13)15-14(17(16,3)4)10-7-11-18-15;/h2-4,7,10,12-16H,5-6,8-9H2,1H3;5-7,9-11H,1-4H3;/q2*-1;. The largest absolute Gasteiger partial charge is 0.358 e. The molecule has 2 aromatic heterocycles. The predicted octanol–water partition coefficient (Wildman–Crippen LogP) is 9.77. The Morgan fingerprint density at radius 1 is 0.814 bits per heavy atom. The predicted molar refractivity (Wildman–Crippen MR) is 173 cm³/mol. The number of aromatic nitrogens is 3. The van der Waals surface area contributed by atoms with E-state index < -0.39 is 0 Å². The summed E-state index contributed by atoms with van der Waals surface area (Å²) in [5.74, 6) is 1.76. The van der Waals surface area contributed by atoms with Crippen LogP contribution in [0.3, 0.4) is 0 Å². The molecule has 3 nitrogen and oxygen atoms in total. The van der Waals surface area contributed by atoms with Crippen molar-refractivity contribution >= 4 is 16.6 Å². The molecule has 1 unspecified atom stereocenters. The third-order valence-electron chi connectivity index (χ3n) is 10.4. The van der Waals surface area contributed by atoms with Crippen LogP contribution in [0.5, 0.6) is 0 Å². The maximum atomic E-state index is 4.96. The zero-order chi connectivity index (χ0) is 29.1. The first kappa shape index (κ1) is 29.7. The molecule has 3 aromatic carbocycles. The van der Waals surface area contributed by atoms with Gasteiger partial charge in [0.25, 0.3) is 0 Å². The monoisotopic (exact) mass is 742 g/mol. The van der Waals surface area contributed by atoms with E-state index in [2.05, 4.69) is 111 Å². The van der Waals surface area contributed by atoms with Gasteiger partial charge in [-0.2, -0.15) is 0 Å². The van der Waals surface area contributed by atoms with Gasteiger partial charge >= 0.3 is 0 Å². The van der Waals surface area contributed by atoms with Crippen molar-refractivity contribution in [1.29, 1.82) is 0 Å². The van der Waals surface area contributed by atoms with E-state index in [9.17, 15) is 0 Å². The molecule has 1 fully saturated rings. The Kier molecular flexibility index (Phi) is 7.82. The molecule has 2 aliphatic carbocycles. The summed E-state index contributed by atoms with van der Waals surface area (Å²) in [6.07, 6.45) is 9.76. The summed E-state index contributed by atoms with van der Waals surface area (Å²) >= 11 is 0. The summed E-state index contributed by atoms with van der Waals surface area (Å²) in [5.41, 5.74) is 11.5. The molecular weight excluding hydrogens is 703 g/mol. The Hall–Kier alpha value is -3.33. The van der Waals surface area contributed by atoms with Crippen LogP contribution in [0.2, 0.25) is 0 Å². The van der Waals surface area contributed by atoms with Crippen molar-refractivity contribution in [2.45, 2.75) is 77.2 Å². The Morgan fingerprint density at radius 3 is 2.33 bits per heavy atom. The number of pyridine rings is 1. The molecule has 1 saturated carbocycles. The molecule has 5 aromatic rings. The number of para-hydroxylation sites is 1. The number of imidazole rings is 1. The van der Waals surface area contributed by atoms with E-state index in [1.807, 2.05) is 30.5 Å². The van der Waals surface area contributed by atoms with Gasteiger partial charge in [-0.3, -0.25) is 4.98 Å². The molecular formula is C39H39IrN3-2. The number of allylic oxidation sites excluding steroid dienone is 2. The van der Waals surface area contributed by atoms with Crippen molar-refractivity contribution in [2.24, 2.45) is 5.92 Å². The zero-order valence-electron chi connectivity index (χ0n) is 25.7. The molecule has 0 saturated heterocycles. The Morgan fingerprint density at radius 2 is 1.56 bits per heavy atom. The van der Waals surface area contributed by atoms with Crippen LogP contribution in [0, 0.1) is 18.1 Å². The molecule has 1 radical (unpaired) electrons. The first-order valence-electron chi connectivity index (χ1n) is 15.5. The smallest absolute Gasteiger partial charge is 0.0777 e. The van der Waals surface area contributed by atoms with Crippen LogP contribution in [0.1, 0.15) is 83.0 Å². The second kappa shape index (κ2) is 11.3. The van der Waals surface area contributed by atoms with E-state index in [0.717, 1.165) is 34.1 Å². The van der Waals surface area contributed by atoms with Crippen molar-refractivity contribution in [1.82, 2.24) is 14.5 Å².